The second kappa shape index (κ2) is 6.32. The summed E-state index contributed by atoms with van der Waals surface area (Å²) in [6.45, 7) is 2.15. The van der Waals surface area contributed by atoms with Gasteiger partial charge in [0.05, 0.1) is 24.6 Å². The Kier molecular flexibility index (Phi) is 4.31. The molecule has 2 aliphatic rings. The van der Waals surface area contributed by atoms with Crippen molar-refractivity contribution in [2.45, 2.75) is 13.8 Å². The van der Waals surface area contributed by atoms with Crippen molar-refractivity contribution in [2.75, 3.05) is 23.0 Å². The van der Waals surface area contributed by atoms with Crippen molar-refractivity contribution in [1.29, 1.82) is 0 Å². The number of hydrogen-bond acceptors (Lipinski definition) is 6. The number of aliphatic hydroxyl groups excluding tert-OH is 2. The molecule has 0 atom stereocenters. The molecule has 0 unspecified atom stereocenters. The summed E-state index contributed by atoms with van der Waals surface area (Å²) in [5.74, 6) is -2.50. The van der Waals surface area contributed by atoms with E-state index < -0.39 is 36.8 Å². The average Bonchev–Trinajstić information content (AvgIpc) is 3.05. The molecule has 0 spiro atoms. The van der Waals surface area contributed by atoms with Gasteiger partial charge in [0.1, 0.15) is 0 Å². The fourth-order valence-electron chi connectivity index (χ4n) is 3.12. The SMILES string of the molecule is Cc1ccc(N2C(=O)C=C(CO)C2=O)c(C)c1N1C(=O)C=C(CO)C1=O. The predicted molar refractivity (Wildman–Crippen MR) is 91.2 cm³/mol. The molecule has 26 heavy (non-hydrogen) atoms. The number of aryl methyl sites for hydroxylation is 1. The molecule has 2 aliphatic heterocycles. The molecule has 0 saturated carbocycles. The van der Waals surface area contributed by atoms with E-state index in [1.165, 1.54) is 0 Å². The third kappa shape index (κ3) is 2.47. The Bertz CT molecular complexity index is 928. The zero-order chi connectivity index (χ0) is 19.2. The zero-order valence-electron chi connectivity index (χ0n) is 14.1. The molecule has 2 N–H and O–H groups in total. The van der Waals surface area contributed by atoms with Crippen LogP contribution in [0.15, 0.2) is 35.4 Å². The number of benzene rings is 1. The first kappa shape index (κ1) is 17.7. The molecule has 8 heteroatoms. The van der Waals surface area contributed by atoms with E-state index in [1.807, 2.05) is 0 Å². The van der Waals surface area contributed by atoms with Crippen LogP contribution < -0.4 is 9.80 Å². The second-order valence-corrected chi connectivity index (χ2v) is 5.99. The molecule has 0 bridgehead atoms. The topological polar surface area (TPSA) is 115 Å². The van der Waals surface area contributed by atoms with Crippen LogP contribution in [0.1, 0.15) is 11.1 Å². The molecule has 0 fully saturated rings. The standard InChI is InChI=1S/C18H16N2O6/c1-9-3-4-13(19-14(23)5-11(7-21)17(19)25)10(2)16(9)20-15(24)6-12(8-22)18(20)26/h3-6,21-22H,7-8H2,1-2H3. The van der Waals surface area contributed by atoms with Gasteiger partial charge in [-0.05, 0) is 31.0 Å². The number of imide groups is 2. The van der Waals surface area contributed by atoms with E-state index in [0.717, 1.165) is 22.0 Å². The van der Waals surface area contributed by atoms with Crippen molar-refractivity contribution < 1.29 is 29.4 Å². The first-order valence-corrected chi connectivity index (χ1v) is 7.81. The molecule has 0 radical (unpaired) electrons. The smallest absolute Gasteiger partial charge is 0.263 e. The monoisotopic (exact) mass is 356 g/mol. The summed E-state index contributed by atoms with van der Waals surface area (Å²) in [4.78, 5) is 51.0. The largest absolute Gasteiger partial charge is 0.391 e. The van der Waals surface area contributed by atoms with Gasteiger partial charge in [0.15, 0.2) is 0 Å². The molecule has 2 heterocycles. The number of carbonyl (C=O) groups excluding carboxylic acids is 4. The molecule has 8 nitrogen and oxygen atoms in total. The van der Waals surface area contributed by atoms with E-state index >= 15 is 0 Å². The molecular formula is C18H16N2O6. The fourth-order valence-corrected chi connectivity index (χ4v) is 3.12. The van der Waals surface area contributed by atoms with Crippen molar-refractivity contribution in [3.8, 4) is 0 Å². The summed E-state index contributed by atoms with van der Waals surface area (Å²) in [6, 6.07) is 3.14. The lowest BCUT2D eigenvalue weighted by Gasteiger charge is -2.25. The maximum absolute atomic E-state index is 12.4. The Morgan fingerprint density at radius 1 is 0.808 bits per heavy atom. The number of carbonyl (C=O) groups is 4. The summed E-state index contributed by atoms with van der Waals surface area (Å²) in [6.07, 6.45) is 2.12. The molecule has 1 aromatic rings. The van der Waals surface area contributed by atoms with E-state index in [9.17, 15) is 29.4 Å². The highest BCUT2D eigenvalue weighted by Gasteiger charge is 2.37. The van der Waals surface area contributed by atoms with Crippen LogP contribution in [-0.2, 0) is 19.2 Å². The summed E-state index contributed by atoms with van der Waals surface area (Å²) in [5, 5.41) is 18.4. The first-order chi connectivity index (χ1) is 12.3. The maximum Gasteiger partial charge on any atom is 0.263 e. The number of nitrogens with zero attached hydrogens (tertiary/aromatic N) is 2. The van der Waals surface area contributed by atoms with E-state index in [1.54, 1.807) is 26.0 Å². The van der Waals surface area contributed by atoms with Gasteiger partial charge in [-0.1, -0.05) is 6.07 Å². The first-order valence-electron chi connectivity index (χ1n) is 7.81. The minimum absolute atomic E-state index is 0.0308. The third-order valence-electron chi connectivity index (χ3n) is 4.40. The average molecular weight is 356 g/mol. The highest BCUT2D eigenvalue weighted by molar-refractivity contribution is 6.33. The summed E-state index contributed by atoms with van der Waals surface area (Å²) >= 11 is 0. The Labute approximate surface area is 148 Å². The van der Waals surface area contributed by atoms with Crippen LogP contribution >= 0.6 is 0 Å². The molecule has 3 rings (SSSR count). The lowest BCUT2D eigenvalue weighted by molar-refractivity contribution is -0.122. The quantitative estimate of drug-likeness (QED) is 0.727. The summed E-state index contributed by atoms with van der Waals surface area (Å²) in [5.41, 5.74) is 1.39. The Balaban J connectivity index is 2.10. The Hall–Kier alpha value is -3.10. The van der Waals surface area contributed by atoms with Gasteiger partial charge in [-0.3, -0.25) is 19.2 Å². The molecule has 0 aromatic heterocycles. The van der Waals surface area contributed by atoms with Crippen LogP contribution in [-0.4, -0.2) is 47.1 Å². The lowest BCUT2D eigenvalue weighted by atomic mass is 10.0. The van der Waals surface area contributed by atoms with Gasteiger partial charge in [0.25, 0.3) is 23.6 Å². The zero-order valence-corrected chi connectivity index (χ0v) is 14.1. The van der Waals surface area contributed by atoms with Crippen molar-refractivity contribution in [3.63, 3.8) is 0 Å². The molecule has 0 saturated heterocycles. The maximum atomic E-state index is 12.4. The summed E-state index contributed by atoms with van der Waals surface area (Å²) < 4.78 is 0. The van der Waals surface area contributed by atoms with Gasteiger partial charge in [0.2, 0.25) is 0 Å². The van der Waals surface area contributed by atoms with Gasteiger partial charge in [-0.2, -0.15) is 0 Å². The van der Waals surface area contributed by atoms with E-state index in [4.69, 9.17) is 0 Å². The van der Waals surface area contributed by atoms with Crippen LogP contribution in [0.25, 0.3) is 0 Å². The van der Waals surface area contributed by atoms with Crippen LogP contribution in [0.5, 0.6) is 0 Å². The molecular weight excluding hydrogens is 340 g/mol. The number of amides is 4. The number of aliphatic hydroxyl groups is 2. The lowest BCUT2D eigenvalue weighted by Crippen LogP contribution is -2.35. The second-order valence-electron chi connectivity index (χ2n) is 5.99. The predicted octanol–water partition coefficient (Wildman–Crippen LogP) is -0.113. The number of rotatable bonds is 4. The Morgan fingerprint density at radius 2 is 1.31 bits per heavy atom. The van der Waals surface area contributed by atoms with Gasteiger partial charge in [-0.25, -0.2) is 9.80 Å². The van der Waals surface area contributed by atoms with E-state index in [0.29, 0.717) is 11.1 Å². The fraction of sp³-hybridized carbons (Fsp3) is 0.222. The van der Waals surface area contributed by atoms with Crippen molar-refractivity contribution >= 4 is 35.0 Å². The van der Waals surface area contributed by atoms with Gasteiger partial charge in [-0.15, -0.1) is 0 Å². The van der Waals surface area contributed by atoms with Crippen LogP contribution in [0.2, 0.25) is 0 Å². The van der Waals surface area contributed by atoms with Crippen LogP contribution in [0.4, 0.5) is 11.4 Å². The highest BCUT2D eigenvalue weighted by Crippen LogP contribution is 2.36. The number of hydrogen-bond donors (Lipinski definition) is 2. The normalized spacial score (nSPS) is 17.4. The van der Waals surface area contributed by atoms with E-state index in [-0.39, 0.29) is 22.5 Å². The van der Waals surface area contributed by atoms with Crippen LogP contribution in [0, 0.1) is 13.8 Å². The van der Waals surface area contributed by atoms with Crippen molar-refractivity contribution in [1.82, 2.24) is 0 Å². The van der Waals surface area contributed by atoms with Crippen molar-refractivity contribution in [2.24, 2.45) is 0 Å². The molecule has 134 valence electrons. The third-order valence-corrected chi connectivity index (χ3v) is 4.40. The van der Waals surface area contributed by atoms with E-state index in [2.05, 4.69) is 0 Å². The van der Waals surface area contributed by atoms with Gasteiger partial charge in [0, 0.05) is 23.3 Å². The van der Waals surface area contributed by atoms with Crippen LogP contribution in [0.3, 0.4) is 0 Å². The minimum Gasteiger partial charge on any atom is -0.391 e. The van der Waals surface area contributed by atoms with Gasteiger partial charge < -0.3 is 10.2 Å². The molecule has 0 aliphatic carbocycles. The highest BCUT2D eigenvalue weighted by atomic mass is 16.3. The molecule has 4 amide bonds. The van der Waals surface area contributed by atoms with Gasteiger partial charge >= 0.3 is 0 Å². The minimum atomic E-state index is -0.649. The number of anilines is 2. The summed E-state index contributed by atoms with van der Waals surface area (Å²) in [7, 11) is 0. The van der Waals surface area contributed by atoms with Crippen molar-refractivity contribution in [3.05, 3.63) is 46.6 Å². The molecule has 1 aromatic carbocycles. The Morgan fingerprint density at radius 3 is 1.81 bits per heavy atom.